The highest BCUT2D eigenvalue weighted by atomic mass is 32.2. The topological polar surface area (TPSA) is 164 Å². The highest BCUT2D eigenvalue weighted by molar-refractivity contribution is 7.90. The number of ether oxygens (including phenoxy) is 2. The van der Waals surface area contributed by atoms with Crippen LogP contribution in [0.3, 0.4) is 0 Å². The van der Waals surface area contributed by atoms with E-state index in [1.165, 1.54) is 18.2 Å². The summed E-state index contributed by atoms with van der Waals surface area (Å²) in [5.41, 5.74) is 6.97. The van der Waals surface area contributed by atoms with Gasteiger partial charge < -0.3 is 38.9 Å². The van der Waals surface area contributed by atoms with Gasteiger partial charge in [-0.3, -0.25) is 9.59 Å². The van der Waals surface area contributed by atoms with Crippen LogP contribution < -0.4 is 38.5 Å². The number of hydrogen-bond donors (Lipinski definition) is 2. The van der Waals surface area contributed by atoms with Crippen LogP contribution in [0.4, 0.5) is 22.7 Å². The van der Waals surface area contributed by atoms with Gasteiger partial charge in [-0.25, -0.2) is 26.3 Å². The Morgan fingerprint density at radius 2 is 0.679 bits per heavy atom. The molecule has 0 saturated carbocycles. The van der Waals surface area contributed by atoms with Crippen LogP contribution in [0.15, 0.2) is 155 Å². The van der Waals surface area contributed by atoms with Gasteiger partial charge in [-0.1, -0.05) is 66.7 Å². The molecule has 0 radical (unpaired) electrons. The predicted octanol–water partition coefficient (Wildman–Crippen LogP) is 10.7. The Bertz CT molecular complexity index is 3540. The highest BCUT2D eigenvalue weighted by Crippen LogP contribution is 2.60. The number of benzene rings is 7. The van der Waals surface area contributed by atoms with Crippen LogP contribution >= 0.6 is 0 Å². The van der Waals surface area contributed by atoms with E-state index in [1.807, 2.05) is 109 Å². The van der Waals surface area contributed by atoms with E-state index < -0.39 is 31.1 Å². The molecule has 0 unspecified atom stereocenters. The summed E-state index contributed by atoms with van der Waals surface area (Å²) in [4.78, 5) is 41.7. The second-order valence-corrected chi connectivity index (χ2v) is 24.8. The van der Waals surface area contributed by atoms with Gasteiger partial charge in [0.05, 0.1) is 9.79 Å². The molecule has 2 amide bonds. The molecule has 84 heavy (non-hydrogen) atoms. The lowest BCUT2D eigenvalue weighted by atomic mass is 9.74. The largest absolute Gasteiger partial charge is 0.456 e. The van der Waals surface area contributed by atoms with E-state index in [-0.39, 0.29) is 47.8 Å². The molecule has 0 bridgehead atoms. The van der Waals surface area contributed by atoms with Crippen molar-refractivity contribution >= 4 is 54.6 Å². The third-order valence-electron chi connectivity index (χ3n) is 17.4. The number of anilines is 4. The van der Waals surface area contributed by atoms with Crippen LogP contribution in [0.25, 0.3) is 0 Å². The van der Waals surface area contributed by atoms with Crippen LogP contribution in [0.5, 0.6) is 23.0 Å². The van der Waals surface area contributed by atoms with Crippen LogP contribution in [0, 0.1) is 0 Å². The van der Waals surface area contributed by atoms with Crippen LogP contribution in [0.1, 0.15) is 109 Å². The van der Waals surface area contributed by atoms with Crippen molar-refractivity contribution in [2.24, 2.45) is 0 Å². The van der Waals surface area contributed by atoms with E-state index >= 15 is 0 Å². The number of fused-ring (bicyclic) bond motifs is 12. The molecule has 18 heteroatoms. The van der Waals surface area contributed by atoms with E-state index in [4.69, 9.17) is 9.47 Å². The Labute approximate surface area is 494 Å². The number of nitrogens with zero attached hydrogens (tertiary/aromatic N) is 6. The highest BCUT2D eigenvalue weighted by Gasteiger charge is 2.58. The number of sulfonamides is 2. The van der Waals surface area contributed by atoms with Crippen molar-refractivity contribution in [1.82, 2.24) is 19.2 Å². The summed E-state index contributed by atoms with van der Waals surface area (Å²) in [6.45, 7) is 22.5. The molecule has 11 rings (SSSR count). The van der Waals surface area contributed by atoms with E-state index in [0.29, 0.717) is 34.1 Å². The first-order valence-electron chi connectivity index (χ1n) is 29.5. The molecule has 4 aliphatic rings. The van der Waals surface area contributed by atoms with Gasteiger partial charge in [-0.2, -0.15) is 0 Å². The van der Waals surface area contributed by atoms with Crippen molar-refractivity contribution in [3.8, 4) is 23.0 Å². The smallest absolute Gasteiger partial charge is 0.255 e. The molecule has 2 spiro atoms. The van der Waals surface area contributed by atoms with E-state index in [9.17, 15) is 26.4 Å². The van der Waals surface area contributed by atoms with Gasteiger partial charge in [-0.15, -0.1) is 0 Å². The Balaban J connectivity index is 0.878. The quantitative estimate of drug-likeness (QED) is 0.0661. The minimum Gasteiger partial charge on any atom is -0.456 e. The van der Waals surface area contributed by atoms with Gasteiger partial charge in [0.15, 0.2) is 0 Å². The first-order chi connectivity index (χ1) is 40.6. The predicted molar refractivity (Wildman–Crippen MR) is 332 cm³/mol. The van der Waals surface area contributed by atoms with Gasteiger partial charge in [0, 0.05) is 159 Å². The van der Waals surface area contributed by atoms with Gasteiger partial charge in [0.1, 0.15) is 34.1 Å². The molecule has 7 aromatic rings. The fourth-order valence-electron chi connectivity index (χ4n) is 13.4. The zero-order chi connectivity index (χ0) is 59.3. The zero-order valence-electron chi connectivity index (χ0n) is 49.1. The molecule has 0 saturated heterocycles. The molecular formula is C66H74N8O8S2. The second kappa shape index (κ2) is 22.9. The van der Waals surface area contributed by atoms with E-state index in [1.54, 1.807) is 21.9 Å². The molecular weight excluding hydrogens is 1100 g/mol. The normalized spacial score (nSPS) is 15.0. The summed E-state index contributed by atoms with van der Waals surface area (Å²) in [6.07, 6.45) is 0. The van der Waals surface area contributed by atoms with Crippen molar-refractivity contribution in [2.75, 3.05) is 98.1 Å². The van der Waals surface area contributed by atoms with Crippen molar-refractivity contribution in [1.29, 1.82) is 0 Å². The molecule has 2 N–H and O–H groups in total. The van der Waals surface area contributed by atoms with Crippen molar-refractivity contribution < 1.29 is 35.9 Å². The number of carbonyl (C=O) groups is 2. The third-order valence-corrected chi connectivity index (χ3v) is 20.4. The lowest BCUT2D eigenvalue weighted by molar-refractivity contribution is 0.0663. The summed E-state index contributed by atoms with van der Waals surface area (Å²) >= 11 is 0. The number of hydrogen-bond acceptors (Lipinski definition) is 12. The lowest BCUT2D eigenvalue weighted by Crippen LogP contribution is -2.50. The summed E-state index contributed by atoms with van der Waals surface area (Å²) < 4.78 is 76.9. The molecule has 438 valence electrons. The van der Waals surface area contributed by atoms with E-state index in [2.05, 4.69) is 84.4 Å². The SMILES string of the molecule is CCN(CC)c1ccc2c(c1)Oc1cc(N(CC)CC)ccc1C21c2ccccc2C(=O)N1CCNS(=O)(=O)c1cccc(S(=O)(=O)NCCN2C(=O)c3ccccc3C23c2ccc(N(CC)CC)cc2Oc2cc(N(CC)CC)ccc23)c1. The molecule has 4 aliphatic heterocycles. The molecule has 4 heterocycles. The Kier molecular flexibility index (Phi) is 15.8. The number of amides is 2. The van der Waals surface area contributed by atoms with Crippen LogP contribution in [-0.4, -0.2) is 117 Å². The molecule has 0 atom stereocenters. The summed E-state index contributed by atoms with van der Waals surface area (Å²) in [5, 5.41) is 0. The van der Waals surface area contributed by atoms with Crippen molar-refractivity contribution in [3.05, 3.63) is 190 Å². The lowest BCUT2D eigenvalue weighted by Gasteiger charge is -2.45. The van der Waals surface area contributed by atoms with Crippen LogP contribution in [0.2, 0.25) is 0 Å². The maximum absolute atomic E-state index is 14.9. The number of nitrogens with one attached hydrogen (secondary N) is 2. The fourth-order valence-corrected chi connectivity index (χ4v) is 15.6. The third kappa shape index (κ3) is 9.32. The molecule has 0 aliphatic carbocycles. The average Bonchev–Trinajstić information content (AvgIpc) is 1.47. The first-order valence-corrected chi connectivity index (χ1v) is 32.4. The summed E-state index contributed by atoms with van der Waals surface area (Å²) in [6, 6.07) is 44.6. The Morgan fingerprint density at radius 1 is 0.381 bits per heavy atom. The Morgan fingerprint density at radius 3 is 0.976 bits per heavy atom. The van der Waals surface area contributed by atoms with E-state index in [0.717, 1.165) is 115 Å². The Hall–Kier alpha value is -7.90. The minimum absolute atomic E-state index is 0.0589. The summed E-state index contributed by atoms with van der Waals surface area (Å²) in [5.74, 6) is 1.83. The maximum Gasteiger partial charge on any atom is 0.255 e. The monoisotopic (exact) mass is 1170 g/mol. The standard InChI is InChI=1S/C66H74N8O8S2/c1-9-69(10-2)45-28-32-55-59(40-45)81-60-41-46(70(11-3)12-4)29-33-56(60)65(55)53-26-19-17-24-51(53)63(75)73(65)38-36-67-83(77,78)49-22-21-23-50(44-49)84(79,80)68-37-39-74-64(76)52-25-18-20-27-54(52)66(74)57-34-30-47(71(13-5)14-6)42-61(57)82-62-43-48(31-35-58(62)66)72(15-7)16-8/h17-35,40-44,67-68H,9-16,36-39H2,1-8H3. The van der Waals surface area contributed by atoms with Crippen LogP contribution in [-0.2, 0) is 31.1 Å². The van der Waals surface area contributed by atoms with Gasteiger partial charge >= 0.3 is 0 Å². The molecule has 0 fully saturated rings. The van der Waals surface area contributed by atoms with Gasteiger partial charge in [0.25, 0.3) is 11.8 Å². The number of carbonyl (C=O) groups excluding carboxylic acids is 2. The van der Waals surface area contributed by atoms with Gasteiger partial charge in [-0.05, 0) is 121 Å². The van der Waals surface area contributed by atoms with Gasteiger partial charge in [0.2, 0.25) is 20.0 Å². The van der Waals surface area contributed by atoms with Crippen molar-refractivity contribution in [3.63, 3.8) is 0 Å². The summed E-state index contributed by atoms with van der Waals surface area (Å²) in [7, 11) is -8.77. The van der Waals surface area contributed by atoms with Crippen molar-refractivity contribution in [2.45, 2.75) is 76.3 Å². The minimum atomic E-state index is -4.38. The number of rotatable bonds is 22. The molecule has 7 aromatic carbocycles. The fraction of sp³-hybridized carbons (Fsp3) is 0.333. The molecule has 16 nitrogen and oxygen atoms in total. The zero-order valence-corrected chi connectivity index (χ0v) is 50.7. The first kappa shape index (κ1) is 57.9. The molecule has 0 aromatic heterocycles. The second-order valence-electron chi connectivity index (χ2n) is 21.3. The average molecular weight is 1170 g/mol. The maximum atomic E-state index is 14.9.